The van der Waals surface area contributed by atoms with Crippen LogP contribution in [0.4, 0.5) is 11.4 Å². The van der Waals surface area contributed by atoms with E-state index < -0.39 is 0 Å². The highest BCUT2D eigenvalue weighted by molar-refractivity contribution is 7.99. The zero-order valence-electron chi connectivity index (χ0n) is 15.8. The van der Waals surface area contributed by atoms with Crippen molar-refractivity contribution in [3.05, 3.63) is 60.4 Å². The molecule has 0 spiro atoms. The zero-order chi connectivity index (χ0) is 19.3. The number of hydrogen-bond acceptors (Lipinski definition) is 5. The maximum atomic E-state index is 12.4. The normalized spacial score (nSPS) is 13.7. The molecule has 144 valence electrons. The summed E-state index contributed by atoms with van der Waals surface area (Å²) in [5.74, 6) is 0.219. The average Bonchev–Trinajstić information content (AvgIpc) is 3.39. The van der Waals surface area contributed by atoms with Crippen molar-refractivity contribution in [2.45, 2.75) is 24.9 Å². The number of aryl methyl sites for hydroxylation is 1. The van der Waals surface area contributed by atoms with Crippen LogP contribution in [0.2, 0.25) is 0 Å². The second-order valence-corrected chi connectivity index (χ2v) is 7.79. The molecule has 4 rings (SSSR count). The lowest BCUT2D eigenvalue weighted by Gasteiger charge is -2.17. The Kier molecular flexibility index (Phi) is 5.62. The van der Waals surface area contributed by atoms with Crippen LogP contribution in [0.15, 0.2) is 60.0 Å². The van der Waals surface area contributed by atoms with E-state index in [1.165, 1.54) is 30.3 Å². The standard InChI is InChI=1S/C21H23N5OS/c1-16-6-2-3-7-19(16)26-15-22-24-21(26)28-14-20(27)23-17-8-10-18(11-9-17)25-12-4-5-13-25/h2-3,6-11,15H,4-5,12-14H2,1H3,(H,23,27). The van der Waals surface area contributed by atoms with Gasteiger partial charge in [-0.1, -0.05) is 30.0 Å². The third-order valence-electron chi connectivity index (χ3n) is 4.85. The minimum absolute atomic E-state index is 0.0572. The molecule has 2 aromatic carbocycles. The number of benzene rings is 2. The van der Waals surface area contributed by atoms with E-state index in [-0.39, 0.29) is 11.7 Å². The number of hydrogen-bond donors (Lipinski definition) is 1. The molecule has 0 bridgehead atoms. The summed E-state index contributed by atoms with van der Waals surface area (Å²) < 4.78 is 1.91. The first-order valence-electron chi connectivity index (χ1n) is 9.44. The summed E-state index contributed by atoms with van der Waals surface area (Å²) in [5.41, 5.74) is 4.18. The molecular weight excluding hydrogens is 370 g/mol. The molecule has 1 amide bonds. The molecule has 1 N–H and O–H groups in total. The molecule has 1 aliphatic heterocycles. The number of nitrogens with zero attached hydrogens (tertiary/aromatic N) is 4. The van der Waals surface area contributed by atoms with Gasteiger partial charge in [-0.2, -0.15) is 0 Å². The van der Waals surface area contributed by atoms with Crippen molar-refractivity contribution in [1.82, 2.24) is 14.8 Å². The van der Waals surface area contributed by atoms with Crippen LogP contribution in [0.3, 0.4) is 0 Å². The fraction of sp³-hybridized carbons (Fsp3) is 0.286. The fourth-order valence-corrected chi connectivity index (χ4v) is 4.10. The summed E-state index contributed by atoms with van der Waals surface area (Å²) in [7, 11) is 0. The van der Waals surface area contributed by atoms with Gasteiger partial charge in [0, 0.05) is 24.5 Å². The third-order valence-corrected chi connectivity index (χ3v) is 5.79. The Morgan fingerprint density at radius 3 is 2.61 bits per heavy atom. The highest BCUT2D eigenvalue weighted by atomic mass is 32.2. The molecule has 2 heterocycles. The molecule has 3 aromatic rings. The number of carbonyl (C=O) groups is 1. The topological polar surface area (TPSA) is 63.1 Å². The van der Waals surface area contributed by atoms with Gasteiger partial charge in [0.15, 0.2) is 5.16 Å². The first-order chi connectivity index (χ1) is 13.7. The number of aromatic nitrogens is 3. The largest absolute Gasteiger partial charge is 0.372 e. The molecule has 1 fully saturated rings. The van der Waals surface area contributed by atoms with Crippen LogP contribution in [0.25, 0.3) is 5.69 Å². The number of anilines is 2. The predicted molar refractivity (Wildman–Crippen MR) is 113 cm³/mol. The molecule has 1 saturated heterocycles. The highest BCUT2D eigenvalue weighted by Gasteiger charge is 2.13. The maximum absolute atomic E-state index is 12.4. The average molecular weight is 394 g/mol. The summed E-state index contributed by atoms with van der Waals surface area (Å²) in [4.78, 5) is 14.7. The van der Waals surface area contributed by atoms with E-state index in [4.69, 9.17) is 0 Å². The van der Waals surface area contributed by atoms with Crippen molar-refractivity contribution in [1.29, 1.82) is 0 Å². The Balaban J connectivity index is 1.35. The van der Waals surface area contributed by atoms with Crippen LogP contribution in [0, 0.1) is 6.92 Å². The molecule has 1 aliphatic rings. The van der Waals surface area contributed by atoms with Crippen molar-refractivity contribution in [3.63, 3.8) is 0 Å². The Morgan fingerprint density at radius 2 is 1.86 bits per heavy atom. The molecular formula is C21H23N5OS. The molecule has 28 heavy (non-hydrogen) atoms. The van der Waals surface area contributed by atoms with Gasteiger partial charge in [-0.05, 0) is 55.7 Å². The molecule has 0 radical (unpaired) electrons. The van der Waals surface area contributed by atoms with Crippen molar-refractivity contribution in [2.24, 2.45) is 0 Å². The monoisotopic (exact) mass is 393 g/mol. The molecule has 0 saturated carbocycles. The number of thioether (sulfide) groups is 1. The number of nitrogens with one attached hydrogen (secondary N) is 1. The first-order valence-corrected chi connectivity index (χ1v) is 10.4. The molecule has 1 aromatic heterocycles. The van der Waals surface area contributed by atoms with Gasteiger partial charge in [0.1, 0.15) is 6.33 Å². The van der Waals surface area contributed by atoms with Crippen LogP contribution in [0.1, 0.15) is 18.4 Å². The molecule has 0 atom stereocenters. The number of rotatable bonds is 6. The smallest absolute Gasteiger partial charge is 0.234 e. The van der Waals surface area contributed by atoms with Gasteiger partial charge in [-0.3, -0.25) is 9.36 Å². The third kappa shape index (κ3) is 4.20. The summed E-state index contributed by atoms with van der Waals surface area (Å²) >= 11 is 1.38. The summed E-state index contributed by atoms with van der Waals surface area (Å²) in [6, 6.07) is 16.1. The molecule has 0 aliphatic carbocycles. The highest BCUT2D eigenvalue weighted by Crippen LogP contribution is 2.24. The number of para-hydroxylation sites is 1. The van der Waals surface area contributed by atoms with E-state index in [1.54, 1.807) is 6.33 Å². The number of amides is 1. The van der Waals surface area contributed by atoms with Crippen LogP contribution < -0.4 is 10.2 Å². The van der Waals surface area contributed by atoms with Crippen molar-refractivity contribution >= 4 is 29.0 Å². The predicted octanol–water partition coefficient (Wildman–Crippen LogP) is 3.91. The second-order valence-electron chi connectivity index (χ2n) is 6.85. The van der Waals surface area contributed by atoms with E-state index in [9.17, 15) is 4.79 Å². The summed E-state index contributed by atoms with van der Waals surface area (Å²) in [5, 5.41) is 11.8. The lowest BCUT2D eigenvalue weighted by atomic mass is 10.2. The Hall–Kier alpha value is -2.80. The molecule has 7 heteroatoms. The van der Waals surface area contributed by atoms with Crippen LogP contribution in [0.5, 0.6) is 0 Å². The minimum atomic E-state index is -0.0572. The quantitative estimate of drug-likeness (QED) is 0.644. The summed E-state index contributed by atoms with van der Waals surface area (Å²) in [6.07, 6.45) is 4.19. The van der Waals surface area contributed by atoms with Gasteiger partial charge < -0.3 is 10.2 Å². The van der Waals surface area contributed by atoms with E-state index in [0.717, 1.165) is 30.0 Å². The maximum Gasteiger partial charge on any atom is 0.234 e. The van der Waals surface area contributed by atoms with Gasteiger partial charge >= 0.3 is 0 Å². The first kappa shape index (κ1) is 18.6. The van der Waals surface area contributed by atoms with Crippen molar-refractivity contribution < 1.29 is 4.79 Å². The minimum Gasteiger partial charge on any atom is -0.372 e. The lowest BCUT2D eigenvalue weighted by molar-refractivity contribution is -0.113. The fourth-order valence-electron chi connectivity index (χ4n) is 3.38. The zero-order valence-corrected chi connectivity index (χ0v) is 16.7. The molecule has 6 nitrogen and oxygen atoms in total. The van der Waals surface area contributed by atoms with Gasteiger partial charge in [0.05, 0.1) is 11.4 Å². The summed E-state index contributed by atoms with van der Waals surface area (Å²) in [6.45, 7) is 4.27. The van der Waals surface area contributed by atoms with Gasteiger partial charge in [0.2, 0.25) is 5.91 Å². The van der Waals surface area contributed by atoms with E-state index in [2.05, 4.69) is 32.5 Å². The van der Waals surface area contributed by atoms with E-state index >= 15 is 0 Å². The number of carbonyl (C=O) groups excluding carboxylic acids is 1. The van der Waals surface area contributed by atoms with Crippen molar-refractivity contribution in [3.8, 4) is 5.69 Å². The van der Waals surface area contributed by atoms with Gasteiger partial charge in [0.25, 0.3) is 0 Å². The Morgan fingerprint density at radius 1 is 1.11 bits per heavy atom. The second kappa shape index (κ2) is 8.48. The van der Waals surface area contributed by atoms with Crippen LogP contribution in [-0.2, 0) is 4.79 Å². The van der Waals surface area contributed by atoms with Crippen LogP contribution in [-0.4, -0.2) is 39.5 Å². The van der Waals surface area contributed by atoms with Crippen molar-refractivity contribution in [2.75, 3.05) is 29.1 Å². The Labute approximate surface area is 169 Å². The lowest BCUT2D eigenvalue weighted by Crippen LogP contribution is -2.18. The van der Waals surface area contributed by atoms with Gasteiger partial charge in [-0.25, -0.2) is 0 Å². The van der Waals surface area contributed by atoms with Crippen LogP contribution >= 0.6 is 11.8 Å². The molecule has 0 unspecified atom stereocenters. The van der Waals surface area contributed by atoms with Gasteiger partial charge in [-0.15, -0.1) is 10.2 Å². The Bertz CT molecular complexity index is 947. The van der Waals surface area contributed by atoms with E-state index in [1.807, 2.05) is 47.9 Å². The van der Waals surface area contributed by atoms with E-state index in [0.29, 0.717) is 5.16 Å². The SMILES string of the molecule is Cc1ccccc1-n1cnnc1SCC(=O)Nc1ccc(N2CCCC2)cc1.